The van der Waals surface area contributed by atoms with Gasteiger partial charge < -0.3 is 10.2 Å². The molecule has 6 heteroatoms. The van der Waals surface area contributed by atoms with E-state index in [-0.39, 0.29) is 23.5 Å². The maximum Gasteiger partial charge on any atom is 0.274 e. The highest BCUT2D eigenvalue weighted by Crippen LogP contribution is 2.17. The molecule has 1 aromatic heterocycles. The molecule has 2 aromatic carbocycles. The van der Waals surface area contributed by atoms with Crippen LogP contribution in [0.2, 0.25) is 0 Å². The van der Waals surface area contributed by atoms with E-state index in [2.05, 4.69) is 29.1 Å². The summed E-state index contributed by atoms with van der Waals surface area (Å²) >= 11 is 0. The van der Waals surface area contributed by atoms with Crippen LogP contribution in [-0.2, 0) is 6.54 Å². The monoisotopic (exact) mass is 364 g/mol. The fraction of sp³-hybridized carbons (Fsp3) is 0.190. The van der Waals surface area contributed by atoms with Gasteiger partial charge in [-0.25, -0.2) is 14.4 Å². The Bertz CT molecular complexity index is 898. The number of halogens is 1. The fourth-order valence-corrected chi connectivity index (χ4v) is 2.61. The van der Waals surface area contributed by atoms with E-state index in [1.165, 1.54) is 24.3 Å². The van der Waals surface area contributed by atoms with E-state index in [1.54, 1.807) is 12.3 Å². The minimum absolute atomic E-state index is 0.153. The van der Waals surface area contributed by atoms with Crippen LogP contribution in [0.15, 0.2) is 66.9 Å². The molecule has 0 unspecified atom stereocenters. The molecule has 1 heterocycles. The van der Waals surface area contributed by atoms with Crippen molar-refractivity contribution in [1.29, 1.82) is 0 Å². The number of carbonyl (C=O) groups excluding carboxylic acids is 1. The van der Waals surface area contributed by atoms with E-state index in [1.807, 2.05) is 35.2 Å². The van der Waals surface area contributed by atoms with Crippen molar-refractivity contribution in [2.75, 3.05) is 10.2 Å². The molecule has 0 spiro atoms. The molecule has 0 atom stereocenters. The van der Waals surface area contributed by atoms with Crippen LogP contribution < -0.4 is 10.2 Å². The van der Waals surface area contributed by atoms with Crippen molar-refractivity contribution < 1.29 is 9.18 Å². The third kappa shape index (κ3) is 4.88. The highest BCUT2D eigenvalue weighted by atomic mass is 19.1. The van der Waals surface area contributed by atoms with Crippen molar-refractivity contribution in [3.63, 3.8) is 0 Å². The zero-order valence-electron chi connectivity index (χ0n) is 15.3. The first-order chi connectivity index (χ1) is 13.0. The molecule has 138 valence electrons. The molecule has 0 aliphatic heterocycles. The topological polar surface area (TPSA) is 58.1 Å². The fourth-order valence-electron chi connectivity index (χ4n) is 2.61. The average Bonchev–Trinajstić information content (AvgIpc) is 2.68. The molecule has 0 aliphatic carbocycles. The maximum atomic E-state index is 13.0. The Kier molecular flexibility index (Phi) is 5.76. The Labute approximate surface area is 157 Å². The van der Waals surface area contributed by atoms with Crippen LogP contribution in [0.1, 0.15) is 29.9 Å². The van der Waals surface area contributed by atoms with Gasteiger partial charge in [0.05, 0.1) is 0 Å². The third-order valence-electron chi connectivity index (χ3n) is 4.05. The molecule has 1 amide bonds. The second-order valence-corrected chi connectivity index (χ2v) is 6.41. The van der Waals surface area contributed by atoms with E-state index in [9.17, 15) is 9.18 Å². The molecule has 0 bridgehead atoms. The van der Waals surface area contributed by atoms with Crippen molar-refractivity contribution in [1.82, 2.24) is 9.97 Å². The van der Waals surface area contributed by atoms with Crippen molar-refractivity contribution in [3.8, 4) is 0 Å². The van der Waals surface area contributed by atoms with E-state index < -0.39 is 0 Å². The van der Waals surface area contributed by atoms with Crippen LogP contribution in [-0.4, -0.2) is 21.9 Å². The summed E-state index contributed by atoms with van der Waals surface area (Å²) in [5, 5.41) is 2.72. The number of carbonyl (C=O) groups is 1. The Hall–Kier alpha value is -3.28. The predicted octanol–water partition coefficient (Wildman–Crippen LogP) is 4.28. The minimum Gasteiger partial charge on any atom is -0.334 e. The summed E-state index contributed by atoms with van der Waals surface area (Å²) in [6, 6.07) is 17.3. The molecule has 0 fully saturated rings. The number of rotatable bonds is 6. The quantitative estimate of drug-likeness (QED) is 0.709. The SMILES string of the molecule is CC(C)N(Cc1ccccc1)c1nccc(C(=O)Nc2ccc(F)cc2)n1. The summed E-state index contributed by atoms with van der Waals surface area (Å²) in [5.41, 5.74) is 1.89. The molecule has 0 radical (unpaired) electrons. The number of nitrogens with zero attached hydrogens (tertiary/aromatic N) is 3. The molecular formula is C21H21FN4O. The molecule has 3 rings (SSSR count). The number of hydrogen-bond acceptors (Lipinski definition) is 4. The zero-order valence-corrected chi connectivity index (χ0v) is 15.3. The van der Waals surface area contributed by atoms with Gasteiger partial charge in [0, 0.05) is 24.5 Å². The number of hydrogen-bond donors (Lipinski definition) is 1. The van der Waals surface area contributed by atoms with Gasteiger partial charge in [0.15, 0.2) is 0 Å². The van der Waals surface area contributed by atoms with Gasteiger partial charge in [-0.15, -0.1) is 0 Å². The van der Waals surface area contributed by atoms with E-state index in [0.717, 1.165) is 5.56 Å². The van der Waals surface area contributed by atoms with Gasteiger partial charge in [-0.2, -0.15) is 0 Å². The number of amides is 1. The van der Waals surface area contributed by atoms with Crippen molar-refractivity contribution >= 4 is 17.5 Å². The van der Waals surface area contributed by atoms with Crippen LogP contribution in [0.3, 0.4) is 0 Å². The highest BCUT2D eigenvalue weighted by Gasteiger charge is 2.17. The molecule has 3 aromatic rings. The first-order valence-electron chi connectivity index (χ1n) is 8.73. The maximum absolute atomic E-state index is 13.0. The van der Waals surface area contributed by atoms with E-state index in [0.29, 0.717) is 18.2 Å². The first-order valence-corrected chi connectivity index (χ1v) is 8.73. The van der Waals surface area contributed by atoms with E-state index in [4.69, 9.17) is 0 Å². The van der Waals surface area contributed by atoms with Crippen LogP contribution in [0.5, 0.6) is 0 Å². The lowest BCUT2D eigenvalue weighted by Gasteiger charge is -2.27. The van der Waals surface area contributed by atoms with Crippen LogP contribution >= 0.6 is 0 Å². The third-order valence-corrected chi connectivity index (χ3v) is 4.05. The first kappa shape index (κ1) is 18.5. The van der Waals surface area contributed by atoms with Gasteiger partial charge in [0.2, 0.25) is 5.95 Å². The van der Waals surface area contributed by atoms with Crippen molar-refractivity contribution in [2.24, 2.45) is 0 Å². The second-order valence-electron chi connectivity index (χ2n) is 6.41. The summed E-state index contributed by atoms with van der Waals surface area (Å²) in [7, 11) is 0. The minimum atomic E-state index is -0.367. The van der Waals surface area contributed by atoms with Gasteiger partial charge in [-0.3, -0.25) is 4.79 Å². The van der Waals surface area contributed by atoms with Crippen molar-refractivity contribution in [2.45, 2.75) is 26.4 Å². The molecule has 5 nitrogen and oxygen atoms in total. The zero-order chi connectivity index (χ0) is 19.2. The standard InChI is InChI=1S/C21H21FN4O/c1-15(2)26(14-16-6-4-3-5-7-16)21-23-13-12-19(25-21)20(27)24-18-10-8-17(22)9-11-18/h3-13,15H,14H2,1-2H3,(H,24,27). The lowest BCUT2D eigenvalue weighted by atomic mass is 10.2. The summed E-state index contributed by atoms with van der Waals surface area (Å²) in [6.45, 7) is 4.75. The Balaban J connectivity index is 1.80. The van der Waals surface area contributed by atoms with Gasteiger partial charge in [-0.1, -0.05) is 30.3 Å². The number of anilines is 2. The number of aromatic nitrogens is 2. The number of benzene rings is 2. The lowest BCUT2D eigenvalue weighted by molar-refractivity contribution is 0.102. The normalized spacial score (nSPS) is 10.7. The smallest absolute Gasteiger partial charge is 0.274 e. The molecule has 0 saturated heterocycles. The second kappa shape index (κ2) is 8.40. The predicted molar refractivity (Wildman–Crippen MR) is 104 cm³/mol. The van der Waals surface area contributed by atoms with Gasteiger partial charge in [0.1, 0.15) is 11.5 Å². The van der Waals surface area contributed by atoms with Gasteiger partial charge in [0.25, 0.3) is 5.91 Å². The molecule has 0 saturated carbocycles. The van der Waals surface area contributed by atoms with Crippen LogP contribution in [0.4, 0.5) is 16.0 Å². The Morgan fingerprint density at radius 1 is 1.07 bits per heavy atom. The summed E-state index contributed by atoms with van der Waals surface area (Å²) in [5.74, 6) is -0.236. The average molecular weight is 364 g/mol. The summed E-state index contributed by atoms with van der Waals surface area (Å²) in [6.07, 6.45) is 1.57. The Morgan fingerprint density at radius 3 is 2.44 bits per heavy atom. The molecule has 1 N–H and O–H groups in total. The lowest BCUT2D eigenvalue weighted by Crippen LogP contribution is -2.32. The van der Waals surface area contributed by atoms with Crippen molar-refractivity contribution in [3.05, 3.63) is 83.9 Å². The van der Waals surface area contributed by atoms with E-state index >= 15 is 0 Å². The molecule has 27 heavy (non-hydrogen) atoms. The molecule has 0 aliphatic rings. The number of nitrogens with one attached hydrogen (secondary N) is 1. The van der Waals surface area contributed by atoms with Crippen LogP contribution in [0, 0.1) is 5.82 Å². The summed E-state index contributed by atoms with van der Waals surface area (Å²) < 4.78 is 13.0. The largest absolute Gasteiger partial charge is 0.334 e. The summed E-state index contributed by atoms with van der Waals surface area (Å²) in [4.78, 5) is 23.3. The van der Waals surface area contributed by atoms with Gasteiger partial charge >= 0.3 is 0 Å². The van der Waals surface area contributed by atoms with Crippen LogP contribution in [0.25, 0.3) is 0 Å². The highest BCUT2D eigenvalue weighted by molar-refractivity contribution is 6.02. The molecular weight excluding hydrogens is 343 g/mol. The van der Waals surface area contributed by atoms with Gasteiger partial charge in [-0.05, 0) is 49.7 Å². The Morgan fingerprint density at radius 2 is 1.78 bits per heavy atom.